The van der Waals surface area contributed by atoms with E-state index in [1.807, 2.05) is 32.0 Å². The SMILES string of the molecule is Cc1cccc(C)c1Oc1cc(C(=O)O)ccn1. The van der Waals surface area contributed by atoms with Gasteiger partial charge < -0.3 is 9.84 Å². The minimum atomic E-state index is -0.997. The molecule has 4 nitrogen and oxygen atoms in total. The van der Waals surface area contributed by atoms with Crippen molar-refractivity contribution in [3.63, 3.8) is 0 Å². The number of aromatic nitrogens is 1. The molecule has 0 saturated heterocycles. The van der Waals surface area contributed by atoms with Crippen LogP contribution in [0.5, 0.6) is 11.6 Å². The predicted octanol–water partition coefficient (Wildman–Crippen LogP) is 3.19. The number of benzene rings is 1. The summed E-state index contributed by atoms with van der Waals surface area (Å²) in [6.07, 6.45) is 1.42. The Hall–Kier alpha value is -2.36. The summed E-state index contributed by atoms with van der Waals surface area (Å²) in [6.45, 7) is 3.87. The van der Waals surface area contributed by atoms with Gasteiger partial charge in [0.25, 0.3) is 0 Å². The average molecular weight is 243 g/mol. The van der Waals surface area contributed by atoms with Gasteiger partial charge in [0.2, 0.25) is 5.88 Å². The first kappa shape index (κ1) is 12.1. The van der Waals surface area contributed by atoms with Crippen LogP contribution in [0.2, 0.25) is 0 Å². The Morgan fingerprint density at radius 1 is 1.22 bits per heavy atom. The van der Waals surface area contributed by atoms with Gasteiger partial charge in [-0.2, -0.15) is 0 Å². The molecule has 2 aromatic rings. The summed E-state index contributed by atoms with van der Waals surface area (Å²) in [5, 5.41) is 8.90. The van der Waals surface area contributed by atoms with Crippen molar-refractivity contribution in [2.45, 2.75) is 13.8 Å². The molecular formula is C14H13NO3. The van der Waals surface area contributed by atoms with Gasteiger partial charge in [0.15, 0.2) is 0 Å². The molecule has 0 radical (unpaired) electrons. The smallest absolute Gasteiger partial charge is 0.335 e. The first-order valence-corrected chi connectivity index (χ1v) is 5.51. The zero-order valence-corrected chi connectivity index (χ0v) is 10.2. The van der Waals surface area contributed by atoms with Crippen molar-refractivity contribution in [2.75, 3.05) is 0 Å². The number of hydrogen-bond acceptors (Lipinski definition) is 3. The van der Waals surface area contributed by atoms with Crippen LogP contribution in [-0.4, -0.2) is 16.1 Å². The van der Waals surface area contributed by atoms with E-state index in [9.17, 15) is 4.79 Å². The molecule has 0 saturated carbocycles. The van der Waals surface area contributed by atoms with E-state index in [-0.39, 0.29) is 11.4 Å². The molecule has 0 aliphatic rings. The minimum absolute atomic E-state index is 0.159. The molecular weight excluding hydrogens is 230 g/mol. The van der Waals surface area contributed by atoms with Gasteiger partial charge in [-0.15, -0.1) is 0 Å². The van der Waals surface area contributed by atoms with E-state index in [1.165, 1.54) is 18.3 Å². The van der Waals surface area contributed by atoms with Gasteiger partial charge in [-0.25, -0.2) is 9.78 Å². The monoisotopic (exact) mass is 243 g/mol. The Kier molecular flexibility index (Phi) is 3.28. The second-order valence-electron chi connectivity index (χ2n) is 4.01. The van der Waals surface area contributed by atoms with E-state index in [0.29, 0.717) is 5.75 Å². The Morgan fingerprint density at radius 3 is 2.50 bits per heavy atom. The summed E-state index contributed by atoms with van der Waals surface area (Å²) in [4.78, 5) is 14.9. The van der Waals surface area contributed by atoms with Crippen LogP contribution in [-0.2, 0) is 0 Å². The Labute approximate surface area is 105 Å². The van der Waals surface area contributed by atoms with Crippen molar-refractivity contribution < 1.29 is 14.6 Å². The molecule has 1 heterocycles. The average Bonchev–Trinajstić information content (AvgIpc) is 2.34. The lowest BCUT2D eigenvalue weighted by Gasteiger charge is -2.10. The number of nitrogens with zero attached hydrogens (tertiary/aromatic N) is 1. The third kappa shape index (κ3) is 2.48. The first-order valence-electron chi connectivity index (χ1n) is 5.51. The lowest BCUT2D eigenvalue weighted by Crippen LogP contribution is -1.98. The number of rotatable bonds is 3. The van der Waals surface area contributed by atoms with Crippen LogP contribution in [0.25, 0.3) is 0 Å². The molecule has 0 atom stereocenters. The summed E-state index contributed by atoms with van der Waals surface area (Å²) >= 11 is 0. The normalized spacial score (nSPS) is 10.1. The molecule has 0 amide bonds. The molecule has 0 bridgehead atoms. The Bertz CT molecular complexity index is 573. The number of ether oxygens (including phenoxy) is 1. The maximum Gasteiger partial charge on any atom is 0.335 e. The number of aromatic carboxylic acids is 1. The quantitative estimate of drug-likeness (QED) is 0.899. The highest BCUT2D eigenvalue weighted by Gasteiger charge is 2.08. The third-order valence-corrected chi connectivity index (χ3v) is 2.60. The van der Waals surface area contributed by atoms with Crippen LogP contribution in [0.15, 0.2) is 36.5 Å². The molecule has 1 N–H and O–H groups in total. The minimum Gasteiger partial charge on any atom is -0.478 e. The fourth-order valence-corrected chi connectivity index (χ4v) is 1.66. The number of hydrogen-bond donors (Lipinski definition) is 1. The molecule has 0 aliphatic heterocycles. The van der Waals surface area contributed by atoms with Gasteiger partial charge in [-0.05, 0) is 31.0 Å². The van der Waals surface area contributed by atoms with Gasteiger partial charge in [-0.1, -0.05) is 18.2 Å². The van der Waals surface area contributed by atoms with Crippen molar-refractivity contribution in [1.29, 1.82) is 0 Å². The largest absolute Gasteiger partial charge is 0.478 e. The van der Waals surface area contributed by atoms with E-state index < -0.39 is 5.97 Å². The van der Waals surface area contributed by atoms with Crippen molar-refractivity contribution in [2.24, 2.45) is 0 Å². The fraction of sp³-hybridized carbons (Fsp3) is 0.143. The molecule has 2 rings (SSSR count). The highest BCUT2D eigenvalue weighted by atomic mass is 16.5. The van der Waals surface area contributed by atoms with Gasteiger partial charge in [0.05, 0.1) is 5.56 Å². The van der Waals surface area contributed by atoms with Crippen LogP contribution in [0.3, 0.4) is 0 Å². The van der Waals surface area contributed by atoms with Gasteiger partial charge in [-0.3, -0.25) is 0 Å². The summed E-state index contributed by atoms with van der Waals surface area (Å²) in [5.74, 6) is 0.00333. The number of aryl methyl sites for hydroxylation is 2. The molecule has 0 fully saturated rings. The second-order valence-corrected chi connectivity index (χ2v) is 4.01. The zero-order valence-electron chi connectivity index (χ0n) is 10.2. The highest BCUT2D eigenvalue weighted by Crippen LogP contribution is 2.27. The van der Waals surface area contributed by atoms with Crippen molar-refractivity contribution in [3.05, 3.63) is 53.2 Å². The van der Waals surface area contributed by atoms with Crippen molar-refractivity contribution in [3.8, 4) is 11.6 Å². The van der Waals surface area contributed by atoms with Crippen LogP contribution in [0.4, 0.5) is 0 Å². The lowest BCUT2D eigenvalue weighted by molar-refractivity contribution is 0.0696. The van der Waals surface area contributed by atoms with E-state index in [4.69, 9.17) is 9.84 Å². The maximum atomic E-state index is 10.9. The van der Waals surface area contributed by atoms with E-state index in [0.717, 1.165) is 11.1 Å². The number of pyridine rings is 1. The van der Waals surface area contributed by atoms with Crippen LogP contribution < -0.4 is 4.74 Å². The van der Waals surface area contributed by atoms with Crippen LogP contribution in [0.1, 0.15) is 21.5 Å². The number of para-hydroxylation sites is 1. The summed E-state index contributed by atoms with van der Waals surface area (Å²) < 4.78 is 5.66. The van der Waals surface area contributed by atoms with Crippen LogP contribution >= 0.6 is 0 Å². The Morgan fingerprint density at radius 2 is 1.89 bits per heavy atom. The molecule has 4 heteroatoms. The van der Waals surface area contributed by atoms with Gasteiger partial charge in [0, 0.05) is 12.3 Å². The molecule has 0 aliphatic carbocycles. The van der Waals surface area contributed by atoms with Crippen molar-refractivity contribution >= 4 is 5.97 Å². The number of carboxylic acid groups (broad SMARTS) is 1. The predicted molar refractivity (Wildman–Crippen MR) is 67.2 cm³/mol. The zero-order chi connectivity index (χ0) is 13.1. The summed E-state index contributed by atoms with van der Waals surface area (Å²) in [5.41, 5.74) is 2.13. The van der Waals surface area contributed by atoms with E-state index in [2.05, 4.69) is 4.98 Å². The molecule has 1 aromatic carbocycles. The van der Waals surface area contributed by atoms with Crippen molar-refractivity contribution in [1.82, 2.24) is 4.98 Å². The van der Waals surface area contributed by atoms with Gasteiger partial charge >= 0.3 is 5.97 Å². The lowest BCUT2D eigenvalue weighted by atomic mass is 10.1. The second kappa shape index (κ2) is 4.87. The molecule has 1 aromatic heterocycles. The standard InChI is InChI=1S/C14H13NO3/c1-9-4-3-5-10(2)13(9)18-12-8-11(14(16)17)6-7-15-12/h3-8H,1-2H3,(H,16,17). The molecule has 92 valence electrons. The highest BCUT2D eigenvalue weighted by molar-refractivity contribution is 5.87. The topological polar surface area (TPSA) is 59.4 Å². The molecule has 18 heavy (non-hydrogen) atoms. The van der Waals surface area contributed by atoms with E-state index >= 15 is 0 Å². The molecule has 0 spiro atoms. The summed E-state index contributed by atoms with van der Waals surface area (Å²) in [6, 6.07) is 8.65. The maximum absolute atomic E-state index is 10.9. The number of carboxylic acids is 1. The fourth-order valence-electron chi connectivity index (χ4n) is 1.66. The van der Waals surface area contributed by atoms with Crippen LogP contribution in [0, 0.1) is 13.8 Å². The van der Waals surface area contributed by atoms with Gasteiger partial charge in [0.1, 0.15) is 5.75 Å². The third-order valence-electron chi connectivity index (χ3n) is 2.60. The van der Waals surface area contributed by atoms with E-state index in [1.54, 1.807) is 0 Å². The Balaban J connectivity index is 2.34. The number of carbonyl (C=O) groups is 1. The first-order chi connectivity index (χ1) is 8.58. The molecule has 0 unspecified atom stereocenters. The summed E-state index contributed by atoms with van der Waals surface area (Å²) in [7, 11) is 0.